The summed E-state index contributed by atoms with van der Waals surface area (Å²) in [6, 6.07) is 11.3. The van der Waals surface area contributed by atoms with Gasteiger partial charge in [-0.1, -0.05) is 18.4 Å². The molecule has 3 aromatic rings. The molecule has 1 amide bonds. The summed E-state index contributed by atoms with van der Waals surface area (Å²) in [7, 11) is -3.77. The fourth-order valence-corrected chi connectivity index (χ4v) is 4.19. The van der Waals surface area contributed by atoms with Gasteiger partial charge in [0, 0.05) is 17.2 Å². The van der Waals surface area contributed by atoms with Gasteiger partial charge in [0.05, 0.1) is 22.5 Å². The monoisotopic (exact) mass is 408 g/mol. The molecule has 8 heteroatoms. The van der Waals surface area contributed by atoms with E-state index < -0.39 is 15.9 Å². The van der Waals surface area contributed by atoms with Crippen molar-refractivity contribution in [1.29, 1.82) is 0 Å². The number of sulfonamides is 1. The van der Waals surface area contributed by atoms with Gasteiger partial charge >= 0.3 is 0 Å². The van der Waals surface area contributed by atoms with Crippen molar-refractivity contribution in [3.8, 4) is 12.3 Å². The molecule has 7 nitrogen and oxygen atoms in total. The van der Waals surface area contributed by atoms with Crippen LogP contribution in [0.1, 0.15) is 41.4 Å². The van der Waals surface area contributed by atoms with E-state index in [1.807, 2.05) is 12.1 Å². The molecule has 1 aromatic heterocycles. The standard InChI is InChI=1S/C21H20N4O3S/c1-2-11-22-29(27,28)17-8-4-7-15(12-17)21(26)23-16-9-10-18-19(13-16)25-20(24-18)14-5-3-6-14/h1,4,7-10,12-14,22H,3,5-6,11H2,(H,23,26)(H,24,25). The van der Waals surface area contributed by atoms with Crippen LogP contribution in [0.2, 0.25) is 0 Å². The van der Waals surface area contributed by atoms with Crippen molar-refractivity contribution >= 4 is 32.7 Å². The Kier molecular flexibility index (Phi) is 5.09. The van der Waals surface area contributed by atoms with Crippen LogP contribution in [0.4, 0.5) is 5.69 Å². The van der Waals surface area contributed by atoms with Crippen LogP contribution in [0.3, 0.4) is 0 Å². The van der Waals surface area contributed by atoms with Gasteiger partial charge in [-0.2, -0.15) is 4.72 Å². The molecular formula is C21H20N4O3S. The molecule has 0 aliphatic heterocycles. The molecule has 1 fully saturated rings. The third-order valence-electron chi connectivity index (χ3n) is 5.02. The Hall–Kier alpha value is -3.15. The van der Waals surface area contributed by atoms with E-state index in [4.69, 9.17) is 6.42 Å². The zero-order valence-corrected chi connectivity index (χ0v) is 16.4. The Labute approximate surface area is 169 Å². The minimum absolute atomic E-state index is 0.0189. The smallest absolute Gasteiger partial charge is 0.255 e. The molecule has 0 radical (unpaired) electrons. The quantitative estimate of drug-likeness (QED) is 0.546. The number of hydrogen-bond donors (Lipinski definition) is 3. The SMILES string of the molecule is C#CCNS(=O)(=O)c1cccc(C(=O)Nc2ccc3nc(C4CCC4)[nH]c3c2)c1. The third kappa shape index (κ3) is 4.01. The molecule has 29 heavy (non-hydrogen) atoms. The first kappa shape index (κ1) is 19.2. The lowest BCUT2D eigenvalue weighted by Gasteiger charge is -2.22. The summed E-state index contributed by atoms with van der Waals surface area (Å²) in [5.74, 6) is 3.30. The van der Waals surface area contributed by atoms with Crippen LogP contribution in [0.15, 0.2) is 47.4 Å². The maximum absolute atomic E-state index is 12.6. The molecule has 4 rings (SSSR count). The van der Waals surface area contributed by atoms with E-state index in [-0.39, 0.29) is 17.0 Å². The zero-order valence-electron chi connectivity index (χ0n) is 15.6. The fourth-order valence-electron chi connectivity index (χ4n) is 3.21. The number of carbonyl (C=O) groups excluding carboxylic acids is 1. The minimum Gasteiger partial charge on any atom is -0.342 e. The maximum Gasteiger partial charge on any atom is 0.255 e. The number of imidazole rings is 1. The number of nitrogens with one attached hydrogen (secondary N) is 3. The molecule has 0 atom stereocenters. The van der Waals surface area contributed by atoms with Crippen molar-refractivity contribution in [3.63, 3.8) is 0 Å². The minimum atomic E-state index is -3.77. The largest absolute Gasteiger partial charge is 0.342 e. The lowest BCUT2D eigenvalue weighted by atomic mass is 9.85. The molecule has 0 spiro atoms. The third-order valence-corrected chi connectivity index (χ3v) is 6.42. The molecule has 148 valence electrons. The maximum atomic E-state index is 12.6. The fraction of sp³-hybridized carbons (Fsp3) is 0.238. The number of hydrogen-bond acceptors (Lipinski definition) is 4. The number of rotatable bonds is 6. The van der Waals surface area contributed by atoms with Gasteiger partial charge in [0.2, 0.25) is 10.0 Å². The van der Waals surface area contributed by atoms with Crippen LogP contribution in [0.25, 0.3) is 11.0 Å². The summed E-state index contributed by atoms with van der Waals surface area (Å²) >= 11 is 0. The van der Waals surface area contributed by atoms with Crippen molar-refractivity contribution in [2.24, 2.45) is 0 Å². The van der Waals surface area contributed by atoms with Crippen molar-refractivity contribution in [2.45, 2.75) is 30.1 Å². The van der Waals surface area contributed by atoms with E-state index in [1.54, 1.807) is 12.1 Å². The topological polar surface area (TPSA) is 104 Å². The summed E-state index contributed by atoms with van der Waals surface area (Å²) in [4.78, 5) is 20.6. The van der Waals surface area contributed by atoms with Crippen LogP contribution in [0, 0.1) is 12.3 Å². The Morgan fingerprint density at radius 1 is 1.24 bits per heavy atom. The Balaban J connectivity index is 1.53. The number of carbonyl (C=O) groups is 1. The molecule has 3 N–H and O–H groups in total. The summed E-state index contributed by atoms with van der Waals surface area (Å²) in [6.45, 7) is -0.119. The molecule has 1 heterocycles. The predicted octanol–water partition coefficient (Wildman–Crippen LogP) is 2.99. The molecule has 0 bridgehead atoms. The summed E-state index contributed by atoms with van der Waals surface area (Å²) in [5, 5.41) is 2.80. The van der Waals surface area contributed by atoms with Crippen molar-refractivity contribution < 1.29 is 13.2 Å². The van der Waals surface area contributed by atoms with Gasteiger partial charge in [-0.05, 0) is 49.2 Å². The molecule has 1 aliphatic carbocycles. The zero-order chi connectivity index (χ0) is 20.4. The summed E-state index contributed by atoms with van der Waals surface area (Å²) in [6.07, 6.45) is 8.63. The van der Waals surface area contributed by atoms with E-state index in [0.29, 0.717) is 11.6 Å². The number of H-pyrrole nitrogens is 1. The van der Waals surface area contributed by atoms with Crippen molar-refractivity contribution in [2.75, 3.05) is 11.9 Å². The van der Waals surface area contributed by atoms with E-state index in [2.05, 4.69) is 25.9 Å². The summed E-state index contributed by atoms with van der Waals surface area (Å²) in [5.41, 5.74) is 2.55. The van der Waals surface area contributed by atoms with Gasteiger partial charge < -0.3 is 10.3 Å². The molecule has 0 unspecified atom stereocenters. The highest BCUT2D eigenvalue weighted by atomic mass is 32.2. The highest BCUT2D eigenvalue weighted by Crippen LogP contribution is 2.35. The number of terminal acetylenes is 1. The first-order valence-electron chi connectivity index (χ1n) is 9.30. The number of benzene rings is 2. The highest BCUT2D eigenvalue weighted by Gasteiger charge is 2.22. The first-order valence-corrected chi connectivity index (χ1v) is 10.8. The van der Waals surface area contributed by atoms with Crippen molar-refractivity contribution in [3.05, 3.63) is 53.9 Å². The Morgan fingerprint density at radius 2 is 2.07 bits per heavy atom. The summed E-state index contributed by atoms with van der Waals surface area (Å²) < 4.78 is 26.7. The molecule has 2 aromatic carbocycles. The number of nitrogens with zero attached hydrogens (tertiary/aromatic N) is 1. The number of anilines is 1. The van der Waals surface area contributed by atoms with Gasteiger partial charge in [-0.3, -0.25) is 4.79 Å². The molecular weight excluding hydrogens is 388 g/mol. The van der Waals surface area contributed by atoms with Gasteiger partial charge in [0.15, 0.2) is 0 Å². The van der Waals surface area contributed by atoms with Crippen LogP contribution >= 0.6 is 0 Å². The van der Waals surface area contributed by atoms with E-state index in [0.717, 1.165) is 29.7 Å². The normalized spacial score (nSPS) is 14.3. The molecule has 0 saturated heterocycles. The highest BCUT2D eigenvalue weighted by molar-refractivity contribution is 7.89. The molecule has 1 aliphatic rings. The first-order chi connectivity index (χ1) is 14.0. The van der Waals surface area contributed by atoms with Crippen LogP contribution < -0.4 is 10.0 Å². The van der Waals surface area contributed by atoms with Gasteiger partial charge in [-0.25, -0.2) is 13.4 Å². The molecule has 1 saturated carbocycles. The second kappa shape index (κ2) is 7.70. The van der Waals surface area contributed by atoms with Crippen LogP contribution in [-0.2, 0) is 10.0 Å². The van der Waals surface area contributed by atoms with E-state index in [1.165, 1.54) is 24.6 Å². The van der Waals surface area contributed by atoms with Crippen molar-refractivity contribution in [1.82, 2.24) is 14.7 Å². The average Bonchev–Trinajstić information content (AvgIpc) is 3.07. The Morgan fingerprint density at radius 3 is 2.79 bits per heavy atom. The van der Waals surface area contributed by atoms with Gasteiger partial charge in [-0.15, -0.1) is 6.42 Å². The Bertz CT molecular complexity index is 1220. The predicted molar refractivity (Wildman–Crippen MR) is 111 cm³/mol. The van der Waals surface area contributed by atoms with E-state index >= 15 is 0 Å². The van der Waals surface area contributed by atoms with Crippen LogP contribution in [0.5, 0.6) is 0 Å². The number of aromatic nitrogens is 2. The van der Waals surface area contributed by atoms with Crippen LogP contribution in [-0.4, -0.2) is 30.8 Å². The number of aromatic amines is 1. The number of fused-ring (bicyclic) bond motifs is 1. The average molecular weight is 408 g/mol. The van der Waals surface area contributed by atoms with E-state index in [9.17, 15) is 13.2 Å². The van der Waals surface area contributed by atoms with Gasteiger partial charge in [0.1, 0.15) is 5.82 Å². The number of amides is 1. The second-order valence-electron chi connectivity index (χ2n) is 6.99. The van der Waals surface area contributed by atoms with Gasteiger partial charge in [0.25, 0.3) is 5.91 Å². The lowest BCUT2D eigenvalue weighted by molar-refractivity contribution is 0.102. The lowest BCUT2D eigenvalue weighted by Crippen LogP contribution is -2.24. The second-order valence-corrected chi connectivity index (χ2v) is 8.76.